The fourth-order valence-electron chi connectivity index (χ4n) is 2.80. The molecule has 2 N–H and O–H groups in total. The molecule has 0 saturated heterocycles. The summed E-state index contributed by atoms with van der Waals surface area (Å²) in [6.45, 7) is 3.14. The van der Waals surface area contributed by atoms with Crippen molar-refractivity contribution in [3.8, 4) is 11.5 Å². The lowest BCUT2D eigenvalue weighted by molar-refractivity contribution is 0.271. The van der Waals surface area contributed by atoms with Crippen molar-refractivity contribution in [1.29, 1.82) is 0 Å². The number of nitrogens with two attached hydrogens (primary N) is 1. The molecule has 1 saturated carbocycles. The number of benzene rings is 1. The number of ether oxygens (including phenoxy) is 2. The molecule has 0 atom stereocenters. The number of methoxy groups -OCH3 is 2. The van der Waals surface area contributed by atoms with E-state index in [4.69, 9.17) is 15.2 Å². The van der Waals surface area contributed by atoms with Gasteiger partial charge in [0.1, 0.15) is 0 Å². The molecule has 1 aromatic carbocycles. The van der Waals surface area contributed by atoms with Crippen molar-refractivity contribution >= 4 is 5.69 Å². The average Bonchev–Trinajstić information content (AvgIpc) is 2.36. The van der Waals surface area contributed by atoms with Crippen molar-refractivity contribution in [2.24, 2.45) is 11.7 Å². The minimum Gasteiger partial charge on any atom is -0.493 e. The Labute approximate surface area is 115 Å². The zero-order valence-electron chi connectivity index (χ0n) is 12.3. The molecule has 1 aliphatic rings. The van der Waals surface area contributed by atoms with Crippen molar-refractivity contribution in [2.45, 2.75) is 25.8 Å². The summed E-state index contributed by atoms with van der Waals surface area (Å²) in [5, 5.41) is 0. The molecule has 0 aromatic heterocycles. The molecule has 106 valence electrons. The quantitative estimate of drug-likeness (QED) is 0.885. The van der Waals surface area contributed by atoms with Gasteiger partial charge in [-0.1, -0.05) is 0 Å². The van der Waals surface area contributed by atoms with Crippen LogP contribution < -0.4 is 20.1 Å². The first-order valence-corrected chi connectivity index (χ1v) is 6.74. The third kappa shape index (κ3) is 2.95. The minimum atomic E-state index is 0.407. The summed E-state index contributed by atoms with van der Waals surface area (Å²) >= 11 is 0. The molecular weight excluding hydrogens is 240 g/mol. The molecule has 0 radical (unpaired) electrons. The van der Waals surface area contributed by atoms with Gasteiger partial charge in [0.2, 0.25) is 0 Å². The molecule has 2 rings (SSSR count). The second-order valence-corrected chi connectivity index (χ2v) is 5.47. The number of aryl methyl sites for hydroxylation is 1. The first-order valence-electron chi connectivity index (χ1n) is 6.74. The van der Waals surface area contributed by atoms with Crippen LogP contribution in [0.1, 0.15) is 18.4 Å². The first kappa shape index (κ1) is 14.0. The predicted octanol–water partition coefficient (Wildman–Crippen LogP) is 2.19. The van der Waals surface area contributed by atoms with Crippen molar-refractivity contribution < 1.29 is 9.47 Å². The van der Waals surface area contributed by atoms with E-state index < -0.39 is 0 Å². The predicted molar refractivity (Wildman–Crippen MR) is 78.3 cm³/mol. The highest BCUT2D eigenvalue weighted by atomic mass is 16.5. The highest BCUT2D eigenvalue weighted by molar-refractivity contribution is 5.61. The molecule has 0 spiro atoms. The molecule has 0 amide bonds. The highest BCUT2D eigenvalue weighted by Crippen LogP contribution is 2.35. The third-order valence-electron chi connectivity index (χ3n) is 3.92. The van der Waals surface area contributed by atoms with E-state index >= 15 is 0 Å². The van der Waals surface area contributed by atoms with Crippen LogP contribution in [0, 0.1) is 12.8 Å². The number of hydrogen-bond acceptors (Lipinski definition) is 4. The van der Waals surface area contributed by atoms with E-state index in [1.54, 1.807) is 14.2 Å². The van der Waals surface area contributed by atoms with E-state index in [1.165, 1.54) is 11.3 Å². The molecule has 1 aliphatic carbocycles. The summed E-state index contributed by atoms with van der Waals surface area (Å²) in [6.07, 6.45) is 2.27. The summed E-state index contributed by atoms with van der Waals surface area (Å²) < 4.78 is 10.7. The zero-order valence-corrected chi connectivity index (χ0v) is 12.3. The number of nitrogens with zero attached hydrogens (tertiary/aromatic N) is 1. The number of hydrogen-bond donors (Lipinski definition) is 1. The van der Waals surface area contributed by atoms with Gasteiger partial charge in [0.05, 0.1) is 14.2 Å². The van der Waals surface area contributed by atoms with Gasteiger partial charge in [0, 0.05) is 31.4 Å². The lowest BCUT2D eigenvalue weighted by Crippen LogP contribution is -2.42. The Morgan fingerprint density at radius 1 is 1.21 bits per heavy atom. The molecule has 4 nitrogen and oxygen atoms in total. The Morgan fingerprint density at radius 2 is 1.79 bits per heavy atom. The second-order valence-electron chi connectivity index (χ2n) is 5.47. The van der Waals surface area contributed by atoms with Gasteiger partial charge in [-0.05, 0) is 37.3 Å². The van der Waals surface area contributed by atoms with Crippen LogP contribution in [0.4, 0.5) is 5.69 Å². The molecule has 0 unspecified atom stereocenters. The van der Waals surface area contributed by atoms with Crippen molar-refractivity contribution in [3.63, 3.8) is 0 Å². The maximum absolute atomic E-state index is 5.84. The fraction of sp³-hybridized carbons (Fsp3) is 0.600. The van der Waals surface area contributed by atoms with Crippen LogP contribution in [0.15, 0.2) is 12.1 Å². The van der Waals surface area contributed by atoms with Gasteiger partial charge in [-0.25, -0.2) is 0 Å². The molecular formula is C15H24N2O2. The SMILES string of the molecule is COc1cc(C)c(N(C)CC2CC(N)C2)cc1OC. The maximum atomic E-state index is 5.84. The van der Waals surface area contributed by atoms with E-state index in [1.807, 2.05) is 12.1 Å². The van der Waals surface area contributed by atoms with Crippen molar-refractivity contribution in [1.82, 2.24) is 0 Å². The Balaban J connectivity index is 2.14. The van der Waals surface area contributed by atoms with Crippen molar-refractivity contribution in [2.75, 3.05) is 32.7 Å². The van der Waals surface area contributed by atoms with Crippen LogP contribution in [-0.2, 0) is 0 Å². The summed E-state index contributed by atoms with van der Waals surface area (Å²) in [4.78, 5) is 2.29. The van der Waals surface area contributed by atoms with Gasteiger partial charge in [0.15, 0.2) is 11.5 Å². The molecule has 19 heavy (non-hydrogen) atoms. The average molecular weight is 264 g/mol. The molecule has 0 aliphatic heterocycles. The molecule has 4 heteroatoms. The zero-order chi connectivity index (χ0) is 14.0. The number of anilines is 1. The smallest absolute Gasteiger partial charge is 0.162 e. The molecule has 0 bridgehead atoms. The maximum Gasteiger partial charge on any atom is 0.162 e. The van der Waals surface area contributed by atoms with E-state index in [9.17, 15) is 0 Å². The van der Waals surface area contributed by atoms with Gasteiger partial charge in [-0.15, -0.1) is 0 Å². The Hall–Kier alpha value is -1.42. The summed E-state index contributed by atoms with van der Waals surface area (Å²) in [5.74, 6) is 2.27. The molecule has 0 heterocycles. The Bertz CT molecular complexity index is 442. The lowest BCUT2D eigenvalue weighted by Gasteiger charge is -2.36. The van der Waals surface area contributed by atoms with E-state index in [-0.39, 0.29) is 0 Å². The summed E-state index contributed by atoms with van der Waals surface area (Å²) in [6, 6.07) is 4.48. The topological polar surface area (TPSA) is 47.7 Å². The first-order chi connectivity index (χ1) is 9.05. The second kappa shape index (κ2) is 5.70. The van der Waals surface area contributed by atoms with E-state index in [0.717, 1.165) is 30.9 Å². The molecule has 1 fully saturated rings. The van der Waals surface area contributed by atoms with Gasteiger partial charge < -0.3 is 20.1 Å². The Morgan fingerprint density at radius 3 is 2.32 bits per heavy atom. The third-order valence-corrected chi connectivity index (χ3v) is 3.92. The lowest BCUT2D eigenvalue weighted by atomic mass is 9.80. The molecule has 1 aromatic rings. The van der Waals surface area contributed by atoms with Crippen LogP contribution in [0.2, 0.25) is 0 Å². The van der Waals surface area contributed by atoms with E-state index in [0.29, 0.717) is 12.0 Å². The largest absolute Gasteiger partial charge is 0.493 e. The van der Waals surface area contributed by atoms with Gasteiger partial charge in [0.25, 0.3) is 0 Å². The van der Waals surface area contributed by atoms with Gasteiger partial charge >= 0.3 is 0 Å². The summed E-state index contributed by atoms with van der Waals surface area (Å²) in [7, 11) is 5.45. The van der Waals surface area contributed by atoms with Crippen molar-refractivity contribution in [3.05, 3.63) is 17.7 Å². The normalized spacial score (nSPS) is 21.7. The van der Waals surface area contributed by atoms with Crippen LogP contribution in [0.25, 0.3) is 0 Å². The highest BCUT2D eigenvalue weighted by Gasteiger charge is 2.27. The fourth-order valence-corrected chi connectivity index (χ4v) is 2.80. The van der Waals surface area contributed by atoms with Gasteiger partial charge in [-0.2, -0.15) is 0 Å². The van der Waals surface area contributed by atoms with Crippen LogP contribution >= 0.6 is 0 Å². The van der Waals surface area contributed by atoms with Crippen LogP contribution in [-0.4, -0.2) is 33.9 Å². The standard InChI is InChI=1S/C15H24N2O2/c1-10-5-14(18-3)15(19-4)8-13(10)17(2)9-11-6-12(16)7-11/h5,8,11-12H,6-7,9,16H2,1-4H3. The monoisotopic (exact) mass is 264 g/mol. The van der Waals surface area contributed by atoms with Gasteiger partial charge in [-0.3, -0.25) is 0 Å². The Kier molecular flexibility index (Phi) is 4.20. The van der Waals surface area contributed by atoms with E-state index in [2.05, 4.69) is 18.9 Å². The number of rotatable bonds is 5. The minimum absolute atomic E-state index is 0.407. The van der Waals surface area contributed by atoms with Crippen LogP contribution in [0.5, 0.6) is 11.5 Å². The van der Waals surface area contributed by atoms with Crippen LogP contribution in [0.3, 0.4) is 0 Å². The summed E-state index contributed by atoms with van der Waals surface area (Å²) in [5.41, 5.74) is 8.23.